The summed E-state index contributed by atoms with van der Waals surface area (Å²) in [6, 6.07) is 7.09. The lowest BCUT2D eigenvalue weighted by molar-refractivity contribution is 0.180. The average molecular weight is 314 g/mol. The third-order valence-electron chi connectivity index (χ3n) is 3.89. The minimum atomic E-state index is -0.800. The Kier molecular flexibility index (Phi) is 6.22. The van der Waals surface area contributed by atoms with E-state index >= 15 is 0 Å². The third kappa shape index (κ3) is 5.10. The Labute approximate surface area is 137 Å². The Bertz CT molecular complexity index is 621. The second-order valence-electron chi connectivity index (χ2n) is 5.86. The molecule has 1 aliphatic rings. The lowest BCUT2D eigenvalue weighted by Gasteiger charge is -2.27. The van der Waals surface area contributed by atoms with Gasteiger partial charge in [0.15, 0.2) is 0 Å². The number of hydrogen-bond acceptors (Lipinski definition) is 4. The summed E-state index contributed by atoms with van der Waals surface area (Å²) in [5.74, 6) is 0.245. The fourth-order valence-corrected chi connectivity index (χ4v) is 2.69. The molecule has 1 unspecified atom stereocenters. The number of benzene rings is 1. The number of aliphatic hydroxyl groups excluding tert-OH is 1. The van der Waals surface area contributed by atoms with Crippen LogP contribution in [-0.4, -0.2) is 35.1 Å². The van der Waals surface area contributed by atoms with Crippen LogP contribution >= 0.6 is 0 Å². The first-order valence-corrected chi connectivity index (χ1v) is 7.78. The van der Waals surface area contributed by atoms with Gasteiger partial charge in [-0.2, -0.15) is 0 Å². The molecule has 0 spiro atoms. The number of allylic oxidation sites excluding steroid dienone is 2. The molecule has 4 nitrogen and oxygen atoms in total. The molecule has 0 fully saturated rings. The predicted octanol–water partition coefficient (Wildman–Crippen LogP) is 2.93. The summed E-state index contributed by atoms with van der Waals surface area (Å²) in [7, 11) is -0.800. The standard InChI is InChI=1S/C18H23BO4/c1-13(10-15-4-3-5-16(21)11-15)6-7-18-17(14(2)12-20)8-9-19(22)23-18/h3-5,8,10-11,18,20-22H,2,6-7,9,12H2,1H3/b13-10+. The molecule has 0 radical (unpaired) electrons. The molecule has 0 aliphatic carbocycles. The summed E-state index contributed by atoms with van der Waals surface area (Å²) < 4.78 is 5.59. The Morgan fingerprint density at radius 2 is 2.26 bits per heavy atom. The van der Waals surface area contributed by atoms with E-state index in [0.717, 1.165) is 23.1 Å². The van der Waals surface area contributed by atoms with E-state index in [-0.39, 0.29) is 18.5 Å². The molecule has 1 aromatic rings. The van der Waals surface area contributed by atoms with Gasteiger partial charge in [-0.1, -0.05) is 36.4 Å². The zero-order valence-electron chi connectivity index (χ0n) is 13.4. The van der Waals surface area contributed by atoms with Crippen molar-refractivity contribution >= 4 is 13.2 Å². The SMILES string of the molecule is C=C(CO)C1=CCB(O)OC1CC/C(C)=C/c1cccc(O)c1. The van der Waals surface area contributed by atoms with Crippen LogP contribution in [0.2, 0.25) is 6.32 Å². The monoisotopic (exact) mass is 314 g/mol. The minimum absolute atomic E-state index is 0.111. The van der Waals surface area contributed by atoms with E-state index in [2.05, 4.69) is 6.58 Å². The molecule has 0 aromatic heterocycles. The molecule has 23 heavy (non-hydrogen) atoms. The first-order valence-electron chi connectivity index (χ1n) is 7.78. The first kappa shape index (κ1) is 17.5. The zero-order valence-corrected chi connectivity index (χ0v) is 13.4. The van der Waals surface area contributed by atoms with Gasteiger partial charge in [0.1, 0.15) is 5.75 Å². The summed E-state index contributed by atoms with van der Waals surface area (Å²) in [4.78, 5) is 0. The highest BCUT2D eigenvalue weighted by Crippen LogP contribution is 2.27. The van der Waals surface area contributed by atoms with Crippen LogP contribution in [0.3, 0.4) is 0 Å². The zero-order chi connectivity index (χ0) is 16.8. The van der Waals surface area contributed by atoms with Gasteiger partial charge in [0.25, 0.3) is 0 Å². The summed E-state index contributed by atoms with van der Waals surface area (Å²) in [5.41, 5.74) is 3.61. The third-order valence-corrected chi connectivity index (χ3v) is 3.89. The molecule has 1 aliphatic heterocycles. The van der Waals surface area contributed by atoms with Crippen molar-refractivity contribution in [3.05, 3.63) is 59.2 Å². The van der Waals surface area contributed by atoms with Gasteiger partial charge in [0.2, 0.25) is 0 Å². The molecule has 1 atom stereocenters. The second-order valence-corrected chi connectivity index (χ2v) is 5.86. The van der Waals surface area contributed by atoms with Crippen LogP contribution in [0.25, 0.3) is 6.08 Å². The van der Waals surface area contributed by atoms with Crippen molar-refractivity contribution < 1.29 is 19.9 Å². The lowest BCUT2D eigenvalue weighted by Crippen LogP contribution is -2.32. The van der Waals surface area contributed by atoms with Gasteiger partial charge in [-0.3, -0.25) is 0 Å². The van der Waals surface area contributed by atoms with Gasteiger partial charge in [0, 0.05) is 6.32 Å². The Hall–Kier alpha value is -1.82. The van der Waals surface area contributed by atoms with Gasteiger partial charge in [-0.05, 0) is 48.6 Å². The molecular weight excluding hydrogens is 291 g/mol. The largest absolute Gasteiger partial charge is 0.508 e. The highest BCUT2D eigenvalue weighted by molar-refractivity contribution is 6.43. The van der Waals surface area contributed by atoms with Gasteiger partial charge >= 0.3 is 7.12 Å². The highest BCUT2D eigenvalue weighted by atomic mass is 16.5. The maximum atomic E-state index is 9.68. The topological polar surface area (TPSA) is 69.9 Å². The van der Waals surface area contributed by atoms with Gasteiger partial charge < -0.3 is 19.9 Å². The number of aromatic hydroxyl groups is 1. The maximum Gasteiger partial charge on any atom is 0.458 e. The van der Waals surface area contributed by atoms with Crippen molar-refractivity contribution in [1.82, 2.24) is 0 Å². The van der Waals surface area contributed by atoms with Crippen molar-refractivity contribution in [2.75, 3.05) is 6.61 Å². The number of rotatable bonds is 6. The van der Waals surface area contributed by atoms with Gasteiger partial charge in [0.05, 0.1) is 12.7 Å². The smallest absolute Gasteiger partial charge is 0.458 e. The van der Waals surface area contributed by atoms with Crippen molar-refractivity contribution in [3.8, 4) is 5.75 Å². The molecule has 0 saturated heterocycles. The van der Waals surface area contributed by atoms with E-state index in [1.54, 1.807) is 18.2 Å². The molecular formula is C18H23BO4. The van der Waals surface area contributed by atoms with Crippen LogP contribution in [0.5, 0.6) is 5.75 Å². The average Bonchev–Trinajstić information content (AvgIpc) is 2.52. The van der Waals surface area contributed by atoms with Crippen LogP contribution < -0.4 is 0 Å². The minimum Gasteiger partial charge on any atom is -0.508 e. The summed E-state index contributed by atoms with van der Waals surface area (Å²) >= 11 is 0. The summed E-state index contributed by atoms with van der Waals surface area (Å²) in [6.07, 6.45) is 5.55. The summed E-state index contributed by atoms with van der Waals surface area (Å²) in [5, 5.41) is 28.5. The van der Waals surface area contributed by atoms with E-state index in [1.165, 1.54) is 0 Å². The normalized spacial score (nSPS) is 18.7. The lowest BCUT2D eigenvalue weighted by atomic mass is 9.78. The molecule has 5 heteroatoms. The second kappa shape index (κ2) is 8.15. The Morgan fingerprint density at radius 3 is 2.96 bits per heavy atom. The van der Waals surface area contributed by atoms with Crippen LogP contribution in [0.4, 0.5) is 0 Å². The van der Waals surface area contributed by atoms with Gasteiger partial charge in [-0.15, -0.1) is 0 Å². The van der Waals surface area contributed by atoms with E-state index < -0.39 is 7.12 Å². The van der Waals surface area contributed by atoms with Crippen LogP contribution in [0, 0.1) is 0 Å². The van der Waals surface area contributed by atoms with Crippen LogP contribution in [0.15, 0.2) is 53.6 Å². The van der Waals surface area contributed by atoms with E-state index in [1.807, 2.05) is 25.1 Å². The van der Waals surface area contributed by atoms with Gasteiger partial charge in [-0.25, -0.2) is 0 Å². The Morgan fingerprint density at radius 1 is 1.48 bits per heavy atom. The molecule has 2 rings (SSSR count). The van der Waals surface area contributed by atoms with Crippen LogP contribution in [-0.2, 0) is 4.65 Å². The van der Waals surface area contributed by atoms with E-state index in [9.17, 15) is 15.2 Å². The quantitative estimate of drug-likeness (QED) is 0.706. The maximum absolute atomic E-state index is 9.68. The van der Waals surface area contributed by atoms with Crippen molar-refractivity contribution in [1.29, 1.82) is 0 Å². The molecule has 1 heterocycles. The van der Waals surface area contributed by atoms with Crippen molar-refractivity contribution in [2.24, 2.45) is 0 Å². The first-order chi connectivity index (χ1) is 11.0. The number of phenols is 1. The number of phenolic OH excluding ortho intramolecular Hbond substituents is 1. The number of hydrogen-bond donors (Lipinski definition) is 3. The summed E-state index contributed by atoms with van der Waals surface area (Å²) in [6.45, 7) is 5.76. The molecule has 0 amide bonds. The number of aliphatic hydroxyl groups is 1. The molecule has 0 saturated carbocycles. The molecule has 0 bridgehead atoms. The van der Waals surface area contributed by atoms with Crippen molar-refractivity contribution in [3.63, 3.8) is 0 Å². The molecule has 3 N–H and O–H groups in total. The molecule has 1 aromatic carbocycles. The predicted molar refractivity (Wildman–Crippen MR) is 93.0 cm³/mol. The van der Waals surface area contributed by atoms with Crippen molar-refractivity contribution in [2.45, 2.75) is 32.2 Å². The Balaban J connectivity index is 2.01. The highest BCUT2D eigenvalue weighted by Gasteiger charge is 2.27. The fourth-order valence-electron chi connectivity index (χ4n) is 2.69. The molecule has 122 valence electrons. The fraction of sp³-hybridized carbons (Fsp3) is 0.333. The van der Waals surface area contributed by atoms with Crippen LogP contribution in [0.1, 0.15) is 25.3 Å². The van der Waals surface area contributed by atoms with E-state index in [4.69, 9.17) is 4.65 Å². The van der Waals surface area contributed by atoms with E-state index in [0.29, 0.717) is 18.3 Å².